The largest absolute Gasteiger partial charge is 0.508 e. The highest BCUT2D eigenvalue weighted by molar-refractivity contribution is 5.59. The summed E-state index contributed by atoms with van der Waals surface area (Å²) in [7, 11) is 0. The molecule has 1 aliphatic rings. The van der Waals surface area contributed by atoms with Gasteiger partial charge in [0, 0.05) is 59.1 Å². The highest BCUT2D eigenvalue weighted by Gasteiger charge is 2.24. The van der Waals surface area contributed by atoms with Crippen LogP contribution in [-0.2, 0) is 25.7 Å². The molecule has 4 aromatic rings. The number of hydrogen-bond acceptors (Lipinski definition) is 7. The van der Waals surface area contributed by atoms with Crippen molar-refractivity contribution in [1.29, 1.82) is 0 Å². The summed E-state index contributed by atoms with van der Waals surface area (Å²) in [6, 6.07) is 17.4. The monoisotopic (exact) mass is 921 g/mol. The Morgan fingerprint density at radius 2 is 0.507 bits per heavy atom. The fraction of sp³-hybridized carbons (Fsp3) is 0.600. The Morgan fingerprint density at radius 3 is 0.761 bits per heavy atom. The predicted molar refractivity (Wildman–Crippen MR) is 277 cm³/mol. The minimum Gasteiger partial charge on any atom is -0.508 e. The van der Waals surface area contributed by atoms with Gasteiger partial charge in [0.2, 0.25) is 0 Å². The van der Waals surface area contributed by atoms with Gasteiger partial charge in [-0.25, -0.2) is 0 Å². The molecule has 0 fully saturated rings. The number of rotatable bonds is 32. The summed E-state index contributed by atoms with van der Waals surface area (Å²) in [6.45, 7) is 11.3. The standard InChI is InChI=1S/C60H88O7/c1-5-9-13-17-21-25-32-64-57-46-30-29-31-47(57)37-49-41-55(62)43-51(59(49)66-34-27-23-19-15-11-7-3)39-53-45-56(63)44-52(60(53)67-35-28-24-20-16-12-8-4)38-50-42-54(61)40-48(36-46)58(50)65-33-26-22-18-14-10-6-2/h29-31,40-45,61-63H,5-28,32-39H2,1-4H3. The molecule has 0 amide bonds. The SMILES string of the molecule is CCCCCCCCOc1c2cccc1Cc1cc(O)cc(c1OCCCCCCCC)Cc1cc(O)cc(c1OCCCCCCCC)Cc1cc(O)cc(c1OCCCCCCCC)C2. The Kier molecular flexibility index (Phi) is 24.5. The molecule has 7 nitrogen and oxygen atoms in total. The maximum atomic E-state index is 11.5. The van der Waals surface area contributed by atoms with Crippen LogP contribution >= 0.6 is 0 Å². The minimum absolute atomic E-state index is 0.144. The second-order valence-corrected chi connectivity index (χ2v) is 19.4. The van der Waals surface area contributed by atoms with E-state index in [1.807, 2.05) is 36.4 Å². The molecule has 0 aromatic heterocycles. The van der Waals surface area contributed by atoms with Crippen molar-refractivity contribution in [3.05, 3.63) is 99.1 Å². The second kappa shape index (κ2) is 30.8. The lowest BCUT2D eigenvalue weighted by molar-refractivity contribution is 0.292. The van der Waals surface area contributed by atoms with Crippen LogP contribution in [0.5, 0.6) is 40.2 Å². The molecule has 0 radical (unpaired) electrons. The van der Waals surface area contributed by atoms with Crippen molar-refractivity contribution < 1.29 is 34.3 Å². The maximum Gasteiger partial charge on any atom is 0.126 e. The number of aromatic hydroxyl groups is 3. The van der Waals surface area contributed by atoms with Gasteiger partial charge in [0.1, 0.15) is 40.2 Å². The average molecular weight is 921 g/mol. The lowest BCUT2D eigenvalue weighted by Crippen LogP contribution is -2.10. The fourth-order valence-electron chi connectivity index (χ4n) is 9.70. The van der Waals surface area contributed by atoms with Crippen molar-refractivity contribution in [2.75, 3.05) is 26.4 Å². The van der Waals surface area contributed by atoms with E-state index in [1.165, 1.54) is 103 Å². The fourth-order valence-corrected chi connectivity index (χ4v) is 9.70. The summed E-state index contributed by atoms with van der Waals surface area (Å²) < 4.78 is 27.4. The van der Waals surface area contributed by atoms with Gasteiger partial charge in [0.05, 0.1) is 26.4 Å². The molecule has 3 N–H and O–H groups in total. The van der Waals surface area contributed by atoms with E-state index < -0.39 is 0 Å². The zero-order valence-electron chi connectivity index (χ0n) is 42.3. The topological polar surface area (TPSA) is 97.6 Å². The van der Waals surface area contributed by atoms with Crippen molar-refractivity contribution >= 4 is 0 Å². The minimum atomic E-state index is 0.144. The molecule has 4 aromatic carbocycles. The summed E-state index contributed by atoms with van der Waals surface area (Å²) in [5.41, 5.74) is 7.19. The summed E-state index contributed by atoms with van der Waals surface area (Å²) in [6.07, 6.45) is 29.5. The van der Waals surface area contributed by atoms with Crippen LogP contribution in [0.1, 0.15) is 226 Å². The molecule has 0 aliphatic heterocycles. The molecule has 1 aliphatic carbocycles. The predicted octanol–water partition coefficient (Wildman–Crippen LogP) is 16.4. The summed E-state index contributed by atoms with van der Waals surface area (Å²) >= 11 is 0. The molecule has 370 valence electrons. The number of fused-ring (bicyclic) bond motifs is 8. The number of benzene rings is 4. The van der Waals surface area contributed by atoms with Gasteiger partial charge >= 0.3 is 0 Å². The summed E-state index contributed by atoms with van der Waals surface area (Å²) in [5.74, 6) is 3.63. The first-order chi connectivity index (χ1) is 32.8. The second-order valence-electron chi connectivity index (χ2n) is 19.4. The first kappa shape index (κ1) is 53.4. The van der Waals surface area contributed by atoms with E-state index in [4.69, 9.17) is 18.9 Å². The van der Waals surface area contributed by atoms with Crippen molar-refractivity contribution in [3.63, 3.8) is 0 Å². The Morgan fingerprint density at radius 1 is 0.299 bits per heavy atom. The van der Waals surface area contributed by atoms with Gasteiger partial charge < -0.3 is 34.3 Å². The molecular formula is C60H88O7. The Bertz CT molecular complexity index is 1900. The van der Waals surface area contributed by atoms with Gasteiger partial charge in [0.15, 0.2) is 0 Å². The van der Waals surface area contributed by atoms with Crippen LogP contribution in [0.4, 0.5) is 0 Å². The van der Waals surface area contributed by atoms with Gasteiger partial charge in [0.25, 0.3) is 0 Å². The molecule has 5 rings (SSSR count). The smallest absolute Gasteiger partial charge is 0.126 e. The molecule has 0 saturated carbocycles. The molecule has 67 heavy (non-hydrogen) atoms. The van der Waals surface area contributed by atoms with E-state index in [1.54, 1.807) is 0 Å². The Labute approximate surface area is 406 Å². The van der Waals surface area contributed by atoms with E-state index in [-0.39, 0.29) is 17.2 Å². The first-order valence-corrected chi connectivity index (χ1v) is 27.0. The van der Waals surface area contributed by atoms with Crippen molar-refractivity contribution in [2.45, 2.75) is 207 Å². The van der Waals surface area contributed by atoms with Crippen LogP contribution in [0.25, 0.3) is 0 Å². The van der Waals surface area contributed by atoms with Crippen molar-refractivity contribution in [3.8, 4) is 40.2 Å². The third kappa shape index (κ3) is 18.1. The van der Waals surface area contributed by atoms with Gasteiger partial charge in [-0.1, -0.05) is 174 Å². The lowest BCUT2D eigenvalue weighted by atomic mass is 9.90. The molecule has 8 bridgehead atoms. The molecule has 0 heterocycles. The van der Waals surface area contributed by atoms with Gasteiger partial charge in [-0.05, 0) is 73.2 Å². The van der Waals surface area contributed by atoms with Crippen LogP contribution in [0.3, 0.4) is 0 Å². The van der Waals surface area contributed by atoms with Crippen LogP contribution < -0.4 is 18.9 Å². The number of phenols is 3. The number of unbranched alkanes of at least 4 members (excludes halogenated alkanes) is 20. The van der Waals surface area contributed by atoms with Crippen molar-refractivity contribution in [1.82, 2.24) is 0 Å². The number of para-hydroxylation sites is 1. The summed E-state index contributed by atoms with van der Waals surface area (Å²) in [4.78, 5) is 0. The van der Waals surface area contributed by atoms with E-state index in [0.717, 1.165) is 119 Å². The quantitative estimate of drug-likeness (QED) is 0.0370. The van der Waals surface area contributed by atoms with Gasteiger partial charge in [-0.15, -0.1) is 0 Å². The molecular weight excluding hydrogens is 833 g/mol. The first-order valence-electron chi connectivity index (χ1n) is 27.0. The van der Waals surface area contributed by atoms with E-state index in [0.29, 0.717) is 52.1 Å². The van der Waals surface area contributed by atoms with E-state index in [2.05, 4.69) is 45.9 Å². The number of phenolic OH excluding ortho intramolecular Hbond substituents is 3. The third-order valence-electron chi connectivity index (χ3n) is 13.4. The van der Waals surface area contributed by atoms with Crippen molar-refractivity contribution in [2.24, 2.45) is 0 Å². The molecule has 7 heteroatoms. The molecule has 0 spiro atoms. The molecule has 0 saturated heterocycles. The van der Waals surface area contributed by atoms with Crippen LogP contribution in [0.2, 0.25) is 0 Å². The third-order valence-corrected chi connectivity index (χ3v) is 13.4. The van der Waals surface area contributed by atoms with Crippen LogP contribution in [0.15, 0.2) is 54.6 Å². The molecule has 0 unspecified atom stereocenters. The van der Waals surface area contributed by atoms with Gasteiger partial charge in [-0.2, -0.15) is 0 Å². The highest BCUT2D eigenvalue weighted by atomic mass is 16.5. The van der Waals surface area contributed by atoms with Gasteiger partial charge in [-0.3, -0.25) is 0 Å². The lowest BCUT2D eigenvalue weighted by Gasteiger charge is -2.23. The highest BCUT2D eigenvalue weighted by Crippen LogP contribution is 2.42. The zero-order chi connectivity index (χ0) is 47.5. The van der Waals surface area contributed by atoms with E-state index >= 15 is 0 Å². The Hall–Kier alpha value is -4.52. The Balaban J connectivity index is 1.63. The number of hydrogen-bond donors (Lipinski definition) is 3. The molecule has 0 atom stereocenters. The van der Waals surface area contributed by atoms with Crippen LogP contribution in [0, 0.1) is 0 Å². The normalized spacial score (nSPS) is 12.3. The summed E-state index contributed by atoms with van der Waals surface area (Å²) in [5, 5.41) is 34.5. The van der Waals surface area contributed by atoms with Crippen LogP contribution in [-0.4, -0.2) is 41.7 Å². The maximum absolute atomic E-state index is 11.5. The number of ether oxygens (including phenoxy) is 4. The zero-order valence-corrected chi connectivity index (χ0v) is 42.3. The van der Waals surface area contributed by atoms with E-state index in [9.17, 15) is 15.3 Å². The average Bonchev–Trinajstić information content (AvgIpc) is 3.30.